The predicted octanol–water partition coefficient (Wildman–Crippen LogP) is 4.58. The average molecular weight is 337 g/mol. The van der Waals surface area contributed by atoms with Gasteiger partial charge < -0.3 is 9.64 Å². The van der Waals surface area contributed by atoms with Crippen LogP contribution in [0.2, 0.25) is 0 Å². The van der Waals surface area contributed by atoms with E-state index in [2.05, 4.69) is 38.1 Å². The molecule has 2 atom stereocenters. The van der Waals surface area contributed by atoms with Crippen LogP contribution in [0.15, 0.2) is 60.7 Å². The summed E-state index contributed by atoms with van der Waals surface area (Å²) >= 11 is 0. The van der Waals surface area contributed by atoms with Gasteiger partial charge in [0.2, 0.25) is 5.91 Å². The Bertz CT molecular complexity index is 631. The van der Waals surface area contributed by atoms with Crippen molar-refractivity contribution in [2.24, 2.45) is 0 Å². The molecule has 1 fully saturated rings. The standard InChI is InChI=1S/C22H27NO2/c1-3-17(2)23-20(14-15-21(23)24)16-25-22(18-10-6-4-7-11-18)19-12-8-5-9-13-19/h4-13,17,20,22H,3,14-16H2,1-2H3/t17?,20-/m1/s1. The van der Waals surface area contributed by atoms with Crippen LogP contribution < -0.4 is 0 Å². The molecule has 1 saturated heterocycles. The van der Waals surface area contributed by atoms with Crippen molar-refractivity contribution in [2.45, 2.75) is 51.3 Å². The molecule has 0 N–H and O–H groups in total. The summed E-state index contributed by atoms with van der Waals surface area (Å²) in [5.41, 5.74) is 2.29. The summed E-state index contributed by atoms with van der Waals surface area (Å²) in [5, 5.41) is 0. The highest BCUT2D eigenvalue weighted by Crippen LogP contribution is 2.29. The minimum Gasteiger partial charge on any atom is -0.367 e. The lowest BCUT2D eigenvalue weighted by atomic mass is 10.0. The van der Waals surface area contributed by atoms with Gasteiger partial charge in [0, 0.05) is 12.5 Å². The van der Waals surface area contributed by atoms with Crippen LogP contribution in [-0.4, -0.2) is 29.5 Å². The fraction of sp³-hybridized carbons (Fsp3) is 0.409. The third-order valence-corrected chi connectivity index (χ3v) is 5.10. The van der Waals surface area contributed by atoms with Gasteiger partial charge >= 0.3 is 0 Å². The number of rotatable bonds is 7. The van der Waals surface area contributed by atoms with Gasteiger partial charge in [-0.1, -0.05) is 67.6 Å². The monoisotopic (exact) mass is 337 g/mol. The second kappa shape index (κ2) is 8.30. The highest BCUT2D eigenvalue weighted by Gasteiger charge is 2.34. The second-order valence-corrected chi connectivity index (χ2v) is 6.79. The summed E-state index contributed by atoms with van der Waals surface area (Å²) in [7, 11) is 0. The average Bonchev–Trinajstić information content (AvgIpc) is 3.03. The van der Waals surface area contributed by atoms with Crippen molar-refractivity contribution in [1.29, 1.82) is 0 Å². The maximum atomic E-state index is 12.2. The van der Waals surface area contributed by atoms with Crippen LogP contribution in [0.4, 0.5) is 0 Å². The molecule has 2 aromatic rings. The minimum atomic E-state index is -0.100. The molecule has 3 nitrogen and oxygen atoms in total. The summed E-state index contributed by atoms with van der Waals surface area (Å²) in [4.78, 5) is 14.3. The lowest BCUT2D eigenvalue weighted by Gasteiger charge is -2.31. The highest BCUT2D eigenvalue weighted by molar-refractivity contribution is 5.79. The van der Waals surface area contributed by atoms with E-state index in [-0.39, 0.29) is 24.1 Å². The molecule has 1 unspecified atom stereocenters. The van der Waals surface area contributed by atoms with Gasteiger partial charge in [-0.15, -0.1) is 0 Å². The lowest BCUT2D eigenvalue weighted by molar-refractivity contribution is -0.132. The molecule has 0 aliphatic carbocycles. The minimum absolute atomic E-state index is 0.100. The van der Waals surface area contributed by atoms with E-state index in [9.17, 15) is 4.79 Å². The number of carbonyl (C=O) groups is 1. The zero-order valence-corrected chi connectivity index (χ0v) is 15.1. The van der Waals surface area contributed by atoms with Gasteiger partial charge in [-0.2, -0.15) is 0 Å². The third kappa shape index (κ3) is 4.10. The fourth-order valence-electron chi connectivity index (χ4n) is 3.58. The molecule has 3 heteroatoms. The number of ether oxygens (including phenoxy) is 1. The number of benzene rings is 2. The zero-order chi connectivity index (χ0) is 17.6. The molecule has 2 aromatic carbocycles. The predicted molar refractivity (Wildman–Crippen MR) is 100 cm³/mol. The molecule has 0 saturated carbocycles. The summed E-state index contributed by atoms with van der Waals surface area (Å²) in [6.07, 6.45) is 2.40. The normalized spacial score (nSPS) is 18.8. The molecule has 1 amide bonds. The number of carbonyl (C=O) groups excluding carboxylic acids is 1. The molecule has 25 heavy (non-hydrogen) atoms. The first-order valence-corrected chi connectivity index (χ1v) is 9.23. The number of nitrogens with zero attached hydrogens (tertiary/aromatic N) is 1. The Balaban J connectivity index is 1.76. The van der Waals surface area contributed by atoms with Crippen molar-refractivity contribution in [3.63, 3.8) is 0 Å². The number of hydrogen-bond donors (Lipinski definition) is 0. The van der Waals surface area contributed by atoms with Crippen LogP contribution in [0.3, 0.4) is 0 Å². The summed E-state index contributed by atoms with van der Waals surface area (Å²) in [6.45, 7) is 4.83. The number of hydrogen-bond acceptors (Lipinski definition) is 2. The molecule has 3 rings (SSSR count). The van der Waals surface area contributed by atoms with Crippen molar-refractivity contribution in [3.8, 4) is 0 Å². The second-order valence-electron chi connectivity index (χ2n) is 6.79. The first kappa shape index (κ1) is 17.7. The molecule has 0 radical (unpaired) electrons. The largest absolute Gasteiger partial charge is 0.367 e. The van der Waals surface area contributed by atoms with Crippen LogP contribution in [0.1, 0.15) is 50.3 Å². The summed E-state index contributed by atoms with van der Waals surface area (Å²) in [5.74, 6) is 0.263. The molecule has 0 bridgehead atoms. The Kier molecular flexibility index (Phi) is 5.87. The molecule has 0 spiro atoms. The molecule has 132 valence electrons. The summed E-state index contributed by atoms with van der Waals surface area (Å²) < 4.78 is 6.38. The lowest BCUT2D eigenvalue weighted by Crippen LogP contribution is -2.42. The zero-order valence-electron chi connectivity index (χ0n) is 15.1. The summed E-state index contributed by atoms with van der Waals surface area (Å²) in [6, 6.07) is 21.1. The van der Waals surface area contributed by atoms with E-state index in [0.717, 1.165) is 24.0 Å². The molecule has 1 aliphatic rings. The number of amides is 1. The Hall–Kier alpha value is -2.13. The first-order valence-electron chi connectivity index (χ1n) is 9.23. The van der Waals surface area contributed by atoms with Gasteiger partial charge in [-0.3, -0.25) is 4.79 Å². The molecular formula is C22H27NO2. The maximum absolute atomic E-state index is 12.2. The van der Waals surface area contributed by atoms with Crippen molar-refractivity contribution < 1.29 is 9.53 Å². The topological polar surface area (TPSA) is 29.5 Å². The quantitative estimate of drug-likeness (QED) is 0.740. The van der Waals surface area contributed by atoms with Crippen molar-refractivity contribution >= 4 is 5.91 Å². The molecular weight excluding hydrogens is 310 g/mol. The molecule has 1 aliphatic heterocycles. The fourth-order valence-corrected chi connectivity index (χ4v) is 3.58. The van der Waals surface area contributed by atoms with E-state index in [1.54, 1.807) is 0 Å². The van der Waals surface area contributed by atoms with Crippen LogP contribution in [0.25, 0.3) is 0 Å². The van der Waals surface area contributed by atoms with Gasteiger partial charge in [0.05, 0.1) is 12.6 Å². The Morgan fingerprint density at radius 3 is 2.12 bits per heavy atom. The smallest absolute Gasteiger partial charge is 0.223 e. The van der Waals surface area contributed by atoms with Crippen LogP contribution in [-0.2, 0) is 9.53 Å². The van der Waals surface area contributed by atoms with Crippen LogP contribution >= 0.6 is 0 Å². The Morgan fingerprint density at radius 1 is 1.04 bits per heavy atom. The van der Waals surface area contributed by atoms with E-state index < -0.39 is 0 Å². The van der Waals surface area contributed by atoms with E-state index in [1.807, 2.05) is 41.3 Å². The Morgan fingerprint density at radius 2 is 1.60 bits per heavy atom. The highest BCUT2D eigenvalue weighted by atomic mass is 16.5. The van der Waals surface area contributed by atoms with Gasteiger partial charge in [-0.25, -0.2) is 0 Å². The van der Waals surface area contributed by atoms with Crippen molar-refractivity contribution in [1.82, 2.24) is 4.90 Å². The van der Waals surface area contributed by atoms with Crippen LogP contribution in [0, 0.1) is 0 Å². The van der Waals surface area contributed by atoms with Crippen LogP contribution in [0.5, 0.6) is 0 Å². The SMILES string of the molecule is CCC(C)N1C(=O)CC[C@@H]1COC(c1ccccc1)c1ccccc1. The number of likely N-dealkylation sites (tertiary alicyclic amines) is 1. The van der Waals surface area contributed by atoms with E-state index in [1.165, 1.54) is 0 Å². The first-order chi connectivity index (χ1) is 12.2. The van der Waals surface area contributed by atoms with Gasteiger partial charge in [0.15, 0.2) is 0 Å². The van der Waals surface area contributed by atoms with E-state index >= 15 is 0 Å². The Labute approximate surface area is 150 Å². The van der Waals surface area contributed by atoms with E-state index in [0.29, 0.717) is 13.0 Å². The molecule has 0 aromatic heterocycles. The molecule has 1 heterocycles. The maximum Gasteiger partial charge on any atom is 0.223 e. The van der Waals surface area contributed by atoms with E-state index in [4.69, 9.17) is 4.74 Å². The van der Waals surface area contributed by atoms with Crippen molar-refractivity contribution in [3.05, 3.63) is 71.8 Å². The van der Waals surface area contributed by atoms with Gasteiger partial charge in [0.1, 0.15) is 6.10 Å². The third-order valence-electron chi connectivity index (χ3n) is 5.10. The van der Waals surface area contributed by atoms with Gasteiger partial charge in [-0.05, 0) is 30.9 Å². The van der Waals surface area contributed by atoms with Crippen molar-refractivity contribution in [2.75, 3.05) is 6.61 Å². The van der Waals surface area contributed by atoms with Gasteiger partial charge in [0.25, 0.3) is 0 Å².